The molecule has 0 saturated carbocycles. The smallest absolute Gasteiger partial charge is 0.356 e. The Bertz CT molecular complexity index is 1400. The quantitative estimate of drug-likeness (QED) is 0.358. The maximum absolute atomic E-state index is 13.7. The molecule has 0 radical (unpaired) electrons. The molecule has 1 saturated heterocycles. The van der Waals surface area contributed by atoms with Crippen molar-refractivity contribution in [3.63, 3.8) is 0 Å². The molecule has 2 aliphatic heterocycles. The number of esters is 1. The van der Waals surface area contributed by atoms with Crippen LogP contribution in [0.4, 0.5) is 0 Å². The number of thioether (sulfide) groups is 1. The molecular formula is C25H23N3O5S3. The van der Waals surface area contributed by atoms with Crippen molar-refractivity contribution in [3.05, 3.63) is 94.1 Å². The molecule has 2 N–H and O–H groups in total. The van der Waals surface area contributed by atoms with Crippen LogP contribution in [0.1, 0.15) is 22.9 Å². The number of nitrogens with two attached hydrogens (primary N) is 1. The minimum Gasteiger partial charge on any atom is -0.448 e. The number of fused-ring (bicyclic) bond motifs is 1. The monoisotopic (exact) mass is 541 g/mol. The third kappa shape index (κ3) is 4.59. The number of hydrogen-bond acceptors (Lipinski definition) is 9. The number of carbonyl (C=O) groups excluding carboxylic acids is 2. The van der Waals surface area contributed by atoms with Crippen molar-refractivity contribution in [3.8, 4) is 0 Å². The normalized spacial score (nSPS) is 19.8. The molecule has 8 nitrogen and oxygen atoms in total. The summed E-state index contributed by atoms with van der Waals surface area (Å²) in [6.07, 6.45) is -0.745. The van der Waals surface area contributed by atoms with E-state index < -0.39 is 45.0 Å². The van der Waals surface area contributed by atoms with Gasteiger partial charge in [-0.2, -0.15) is 0 Å². The number of β-lactam (4-membered cyclic amide) rings is 1. The Balaban J connectivity index is 1.53. The van der Waals surface area contributed by atoms with Gasteiger partial charge in [-0.25, -0.2) is 18.2 Å². The van der Waals surface area contributed by atoms with Crippen molar-refractivity contribution in [2.24, 2.45) is 5.73 Å². The van der Waals surface area contributed by atoms with Crippen molar-refractivity contribution in [1.29, 1.82) is 0 Å². The van der Waals surface area contributed by atoms with E-state index in [1.54, 1.807) is 12.3 Å². The molecule has 2 atom stereocenters. The lowest BCUT2D eigenvalue weighted by Gasteiger charge is -2.48. The highest BCUT2D eigenvalue weighted by molar-refractivity contribution is 8.00. The van der Waals surface area contributed by atoms with Crippen molar-refractivity contribution < 1.29 is 22.7 Å². The topological polar surface area (TPSA) is 120 Å². The van der Waals surface area contributed by atoms with E-state index in [1.165, 1.54) is 16.7 Å². The van der Waals surface area contributed by atoms with Gasteiger partial charge in [-0.15, -0.1) is 23.1 Å². The minimum absolute atomic E-state index is 0.0228. The van der Waals surface area contributed by atoms with Crippen LogP contribution in [0.3, 0.4) is 0 Å². The lowest BCUT2D eigenvalue weighted by Crippen LogP contribution is -2.68. The number of ether oxygens (including phenoxy) is 1. The number of benzene rings is 2. The predicted octanol–water partition coefficient (Wildman–Crippen LogP) is 3.05. The van der Waals surface area contributed by atoms with E-state index in [-0.39, 0.29) is 15.8 Å². The summed E-state index contributed by atoms with van der Waals surface area (Å²) in [4.78, 5) is 31.8. The van der Waals surface area contributed by atoms with Crippen LogP contribution in [0.15, 0.2) is 81.7 Å². The molecule has 36 heavy (non-hydrogen) atoms. The SMILES string of the molecule is Cc1csc(S(=O)(=O)CC2=C(C(=O)OC(c3ccccc3)c3ccccc3)N3C(=O)[C@@H](N)[C@H]3SC2)n1. The first kappa shape index (κ1) is 24.7. The summed E-state index contributed by atoms with van der Waals surface area (Å²) in [7, 11) is -3.83. The first-order valence-electron chi connectivity index (χ1n) is 11.1. The lowest BCUT2D eigenvalue weighted by molar-refractivity contribution is -0.153. The molecule has 0 unspecified atom stereocenters. The van der Waals surface area contributed by atoms with Gasteiger partial charge in [-0.05, 0) is 23.6 Å². The molecule has 2 aromatic carbocycles. The Morgan fingerprint density at radius 2 is 1.75 bits per heavy atom. The van der Waals surface area contributed by atoms with Crippen molar-refractivity contribution in [2.75, 3.05) is 11.5 Å². The summed E-state index contributed by atoms with van der Waals surface area (Å²) < 4.78 is 32.2. The summed E-state index contributed by atoms with van der Waals surface area (Å²) in [5, 5.41) is 1.21. The number of amides is 1. The van der Waals surface area contributed by atoms with Crippen molar-refractivity contribution in [2.45, 2.75) is 28.8 Å². The molecule has 5 rings (SSSR count). The number of aryl methyl sites for hydroxylation is 1. The zero-order valence-electron chi connectivity index (χ0n) is 19.2. The molecule has 0 bridgehead atoms. The van der Waals surface area contributed by atoms with Gasteiger partial charge in [0.15, 0.2) is 6.10 Å². The maximum atomic E-state index is 13.7. The van der Waals surface area contributed by atoms with Gasteiger partial charge in [0.2, 0.25) is 20.1 Å². The van der Waals surface area contributed by atoms with Gasteiger partial charge < -0.3 is 10.5 Å². The van der Waals surface area contributed by atoms with Crippen LogP contribution in [0, 0.1) is 6.92 Å². The van der Waals surface area contributed by atoms with E-state index >= 15 is 0 Å². The van der Waals surface area contributed by atoms with Crippen molar-refractivity contribution >= 4 is 44.8 Å². The van der Waals surface area contributed by atoms with Gasteiger partial charge in [0, 0.05) is 16.8 Å². The Morgan fingerprint density at radius 1 is 1.14 bits per heavy atom. The second-order valence-electron chi connectivity index (χ2n) is 8.51. The van der Waals surface area contributed by atoms with Crippen LogP contribution in [-0.4, -0.2) is 53.1 Å². The van der Waals surface area contributed by atoms with Gasteiger partial charge in [-0.1, -0.05) is 60.7 Å². The standard InChI is InChI=1S/C25H23N3O5S3/c1-15-12-35-25(27-15)36(31,32)14-18-13-34-23-19(26)22(29)28(23)20(18)24(30)33-21(16-8-4-2-5-9-16)17-10-6-3-7-11-17/h2-12,19,21,23H,13-14,26H2,1H3/t19-,23-/m1/s1. The van der Waals surface area contributed by atoms with Crippen LogP contribution in [0.25, 0.3) is 0 Å². The highest BCUT2D eigenvalue weighted by atomic mass is 32.2. The molecule has 1 fully saturated rings. The molecule has 1 aromatic heterocycles. The van der Waals surface area contributed by atoms with E-state index in [4.69, 9.17) is 10.5 Å². The molecular weight excluding hydrogens is 518 g/mol. The fourth-order valence-electron chi connectivity index (χ4n) is 4.19. The number of rotatable bonds is 7. The lowest BCUT2D eigenvalue weighted by atomic mass is 10.0. The van der Waals surface area contributed by atoms with Gasteiger partial charge >= 0.3 is 5.97 Å². The molecule has 11 heteroatoms. The van der Waals surface area contributed by atoms with Gasteiger partial charge in [0.1, 0.15) is 17.1 Å². The fourth-order valence-corrected chi connectivity index (χ4v) is 8.15. The molecule has 3 aromatic rings. The van der Waals surface area contributed by atoms with Gasteiger partial charge in [0.25, 0.3) is 0 Å². The summed E-state index contributed by atoms with van der Waals surface area (Å²) >= 11 is 2.37. The number of carbonyl (C=O) groups is 2. The summed E-state index contributed by atoms with van der Waals surface area (Å²) in [5.74, 6) is -1.41. The fraction of sp³-hybridized carbons (Fsp3) is 0.240. The third-order valence-corrected chi connectivity index (χ3v) is 10.5. The number of hydrogen-bond donors (Lipinski definition) is 1. The summed E-state index contributed by atoms with van der Waals surface area (Å²) in [5.41, 5.74) is 8.33. The van der Waals surface area contributed by atoms with Gasteiger partial charge in [0.05, 0.1) is 5.75 Å². The average molecular weight is 542 g/mol. The molecule has 3 heterocycles. The molecule has 186 valence electrons. The van der Waals surface area contributed by atoms with E-state index in [0.29, 0.717) is 11.3 Å². The zero-order chi connectivity index (χ0) is 25.4. The first-order chi connectivity index (χ1) is 17.3. The summed E-state index contributed by atoms with van der Waals surface area (Å²) in [6.45, 7) is 1.71. The van der Waals surface area contributed by atoms with Crippen LogP contribution in [0.2, 0.25) is 0 Å². The van der Waals surface area contributed by atoms with Crippen LogP contribution in [0.5, 0.6) is 0 Å². The Morgan fingerprint density at radius 3 is 2.31 bits per heavy atom. The second-order valence-corrected chi connectivity index (χ2v) is 12.6. The van der Waals surface area contributed by atoms with Crippen molar-refractivity contribution in [1.82, 2.24) is 9.88 Å². The number of thiazole rings is 1. The largest absolute Gasteiger partial charge is 0.448 e. The third-order valence-electron chi connectivity index (χ3n) is 5.94. The van der Waals surface area contributed by atoms with E-state index in [2.05, 4.69) is 4.98 Å². The first-order valence-corrected chi connectivity index (χ1v) is 14.7. The Kier molecular flexibility index (Phi) is 6.73. The zero-order valence-corrected chi connectivity index (χ0v) is 21.7. The van der Waals surface area contributed by atoms with Gasteiger partial charge in [-0.3, -0.25) is 9.69 Å². The number of aromatic nitrogens is 1. The number of sulfone groups is 1. The maximum Gasteiger partial charge on any atom is 0.356 e. The number of nitrogens with zero attached hydrogens (tertiary/aromatic N) is 2. The van der Waals surface area contributed by atoms with Crippen LogP contribution in [-0.2, 0) is 24.2 Å². The molecule has 1 amide bonds. The Labute approximate surface area is 217 Å². The molecule has 0 aliphatic carbocycles. The molecule has 0 spiro atoms. The highest BCUT2D eigenvalue weighted by Gasteiger charge is 2.52. The predicted molar refractivity (Wildman–Crippen MR) is 138 cm³/mol. The van der Waals surface area contributed by atoms with Crippen LogP contribution < -0.4 is 5.73 Å². The van der Waals surface area contributed by atoms with E-state index in [0.717, 1.165) is 22.5 Å². The van der Waals surface area contributed by atoms with E-state index in [1.807, 2.05) is 60.7 Å². The average Bonchev–Trinajstić information content (AvgIpc) is 3.34. The second kappa shape index (κ2) is 9.81. The molecule has 2 aliphatic rings. The van der Waals surface area contributed by atoms with Crippen LogP contribution >= 0.6 is 23.1 Å². The summed E-state index contributed by atoms with van der Waals surface area (Å²) in [6, 6.07) is 17.7. The van der Waals surface area contributed by atoms with E-state index in [9.17, 15) is 18.0 Å². The minimum atomic E-state index is -3.83. The highest BCUT2D eigenvalue weighted by Crippen LogP contribution is 2.41. The Hall–Kier alpha value is -2.99.